The number of nitrogens with one attached hydrogen (secondary N) is 3. The van der Waals surface area contributed by atoms with Gasteiger partial charge in [0.15, 0.2) is 0 Å². The Kier molecular flexibility index (Phi) is 8.01. The number of β-amino-alcohol motifs (C(OH)–C–C–N with tert-alkyl or cyclic N) is 1. The second-order valence-electron chi connectivity index (χ2n) is 10.1. The summed E-state index contributed by atoms with van der Waals surface area (Å²) in [5.41, 5.74) is 3.70. The number of fused-ring (bicyclic) bond motifs is 2. The lowest BCUT2D eigenvalue weighted by atomic mass is 10.0. The Balaban J connectivity index is 1.34. The van der Waals surface area contributed by atoms with Crippen molar-refractivity contribution in [3.05, 3.63) is 46.0 Å². The van der Waals surface area contributed by atoms with Crippen molar-refractivity contribution in [3.63, 3.8) is 0 Å². The van der Waals surface area contributed by atoms with Crippen LogP contribution in [-0.4, -0.2) is 109 Å². The van der Waals surface area contributed by atoms with Gasteiger partial charge in [0.2, 0.25) is 0 Å². The third kappa shape index (κ3) is 5.70. The number of aromatic nitrogens is 1. The number of morpholine rings is 1. The van der Waals surface area contributed by atoms with E-state index in [9.17, 15) is 24.2 Å². The molecule has 4 heterocycles. The van der Waals surface area contributed by atoms with Crippen molar-refractivity contribution in [2.45, 2.75) is 25.7 Å². The zero-order chi connectivity index (χ0) is 27.7. The molecular weight excluding hydrogens is 509 g/mol. The van der Waals surface area contributed by atoms with E-state index in [0.717, 1.165) is 18.8 Å². The molecule has 12 heteroatoms. The molecule has 1 unspecified atom stereocenters. The van der Waals surface area contributed by atoms with Gasteiger partial charge in [-0.05, 0) is 30.7 Å². The lowest BCUT2D eigenvalue weighted by Crippen LogP contribution is -2.47. The summed E-state index contributed by atoms with van der Waals surface area (Å²) in [5, 5.41) is 25.9. The first-order chi connectivity index (χ1) is 18.7. The molecule has 3 aliphatic heterocycles. The fourth-order valence-corrected chi connectivity index (χ4v) is 5.36. The molecule has 2 aromatic rings. The SMILES string of the molecule is COCC(O)Nc1cc2c(cc1F)/C(=C/c1[nH]c3c(c1C)C(=O)N(C[C@@H](O)CN1CCOCC1)CC3)C(=O)N2. The number of H-pyrrole nitrogens is 1. The number of aliphatic hydroxyl groups is 2. The van der Waals surface area contributed by atoms with Crippen LogP contribution < -0.4 is 10.6 Å². The molecule has 3 aliphatic rings. The number of methoxy groups -OCH3 is 1. The lowest BCUT2D eigenvalue weighted by molar-refractivity contribution is -0.110. The molecule has 39 heavy (non-hydrogen) atoms. The Hall–Kier alpha value is -3.29. The number of carbonyl (C=O) groups excluding carboxylic acids is 2. The van der Waals surface area contributed by atoms with Crippen LogP contribution in [0, 0.1) is 12.7 Å². The van der Waals surface area contributed by atoms with Crippen molar-refractivity contribution in [2.24, 2.45) is 0 Å². The number of anilines is 2. The van der Waals surface area contributed by atoms with Gasteiger partial charge in [-0.15, -0.1) is 0 Å². The second kappa shape index (κ2) is 11.4. The average Bonchev–Trinajstić information content (AvgIpc) is 3.37. The highest BCUT2D eigenvalue weighted by molar-refractivity contribution is 6.35. The molecule has 5 rings (SSSR count). The third-order valence-electron chi connectivity index (χ3n) is 7.33. The summed E-state index contributed by atoms with van der Waals surface area (Å²) < 4.78 is 25.0. The molecule has 0 bridgehead atoms. The number of rotatable bonds is 9. The minimum atomic E-state index is -1.11. The Morgan fingerprint density at radius 3 is 2.72 bits per heavy atom. The molecule has 1 aromatic carbocycles. The van der Waals surface area contributed by atoms with Gasteiger partial charge in [-0.2, -0.15) is 0 Å². The third-order valence-corrected chi connectivity index (χ3v) is 7.33. The summed E-state index contributed by atoms with van der Waals surface area (Å²) in [4.78, 5) is 33.3. The molecule has 1 aromatic heterocycles. The van der Waals surface area contributed by atoms with Crippen molar-refractivity contribution in [1.29, 1.82) is 0 Å². The predicted octanol–water partition coefficient (Wildman–Crippen LogP) is 1.02. The quantitative estimate of drug-likeness (QED) is 0.233. The van der Waals surface area contributed by atoms with E-state index in [0.29, 0.717) is 60.8 Å². The van der Waals surface area contributed by atoms with E-state index in [1.807, 2.05) is 6.92 Å². The Morgan fingerprint density at radius 2 is 1.97 bits per heavy atom. The van der Waals surface area contributed by atoms with E-state index in [1.165, 1.54) is 19.2 Å². The summed E-state index contributed by atoms with van der Waals surface area (Å²) in [6.07, 6.45) is 0.440. The number of carbonyl (C=O) groups is 2. The number of aliphatic hydroxyl groups excluding tert-OH is 2. The average molecular weight is 544 g/mol. The highest BCUT2D eigenvalue weighted by atomic mass is 19.1. The van der Waals surface area contributed by atoms with Crippen LogP contribution in [0.1, 0.15) is 32.9 Å². The van der Waals surface area contributed by atoms with Crippen molar-refractivity contribution in [3.8, 4) is 0 Å². The molecule has 2 atom stereocenters. The minimum absolute atomic E-state index is 0.0339. The van der Waals surface area contributed by atoms with Gasteiger partial charge in [-0.1, -0.05) is 0 Å². The number of hydrogen-bond acceptors (Lipinski definition) is 8. The fourth-order valence-electron chi connectivity index (χ4n) is 5.36. The van der Waals surface area contributed by atoms with Crippen LogP contribution in [0.5, 0.6) is 0 Å². The second-order valence-corrected chi connectivity index (χ2v) is 10.1. The van der Waals surface area contributed by atoms with Crippen molar-refractivity contribution < 1.29 is 33.7 Å². The Morgan fingerprint density at radius 1 is 1.21 bits per heavy atom. The van der Waals surface area contributed by atoms with Gasteiger partial charge in [-0.3, -0.25) is 14.5 Å². The Bertz CT molecular complexity index is 1290. The molecule has 2 amide bonds. The van der Waals surface area contributed by atoms with Crippen LogP contribution in [0.2, 0.25) is 0 Å². The molecule has 1 fully saturated rings. The monoisotopic (exact) mass is 543 g/mol. The minimum Gasteiger partial charge on any atom is -0.390 e. The maximum absolute atomic E-state index is 14.8. The molecule has 0 aliphatic carbocycles. The van der Waals surface area contributed by atoms with E-state index in [4.69, 9.17) is 9.47 Å². The lowest BCUT2D eigenvalue weighted by Gasteiger charge is -2.32. The predicted molar refractivity (Wildman–Crippen MR) is 143 cm³/mol. The smallest absolute Gasteiger partial charge is 0.256 e. The van der Waals surface area contributed by atoms with Crippen LogP contribution in [0.4, 0.5) is 15.8 Å². The standard InChI is InChI=1S/C27H34FN5O6/c1-15-21(10-18-17-9-19(28)23(30-24(35)14-38-2)11-22(17)31-26(18)36)29-20-3-4-33(27(37)25(15)20)13-16(34)12-32-5-7-39-8-6-32/h9-11,16,24,29-30,34-35H,3-8,12-14H2,1-2H3,(H,31,36)/b18-10-/t16-,24?/m0/s1. The van der Waals surface area contributed by atoms with Crippen molar-refractivity contribution in [2.75, 3.05) is 70.3 Å². The fraction of sp³-hybridized carbons (Fsp3) is 0.481. The van der Waals surface area contributed by atoms with E-state index in [2.05, 4.69) is 20.5 Å². The topological polar surface area (TPSA) is 139 Å². The largest absolute Gasteiger partial charge is 0.390 e. The molecule has 1 saturated heterocycles. The number of halogens is 1. The van der Waals surface area contributed by atoms with Crippen molar-refractivity contribution in [1.82, 2.24) is 14.8 Å². The molecule has 0 radical (unpaired) electrons. The number of aromatic amines is 1. The molecule has 11 nitrogen and oxygen atoms in total. The summed E-state index contributed by atoms with van der Waals surface area (Å²) in [6.45, 7) is 5.78. The first kappa shape index (κ1) is 27.3. The number of hydrogen-bond donors (Lipinski definition) is 5. The normalized spacial score (nSPS) is 20.1. The number of ether oxygens (including phenoxy) is 2. The zero-order valence-electron chi connectivity index (χ0n) is 22.1. The van der Waals surface area contributed by atoms with E-state index in [-0.39, 0.29) is 30.3 Å². The molecule has 210 valence electrons. The molecule has 5 N–H and O–H groups in total. The maximum Gasteiger partial charge on any atom is 0.256 e. The van der Waals surface area contributed by atoms with Gasteiger partial charge in [0, 0.05) is 63.2 Å². The van der Waals surface area contributed by atoms with E-state index < -0.39 is 24.1 Å². The highest BCUT2D eigenvalue weighted by Gasteiger charge is 2.32. The van der Waals surface area contributed by atoms with Crippen LogP contribution in [0.15, 0.2) is 12.1 Å². The first-order valence-corrected chi connectivity index (χ1v) is 13.0. The van der Waals surface area contributed by atoms with Crippen LogP contribution in [0.25, 0.3) is 11.6 Å². The van der Waals surface area contributed by atoms with E-state index >= 15 is 0 Å². The van der Waals surface area contributed by atoms with Gasteiger partial charge in [0.1, 0.15) is 12.0 Å². The first-order valence-electron chi connectivity index (χ1n) is 13.0. The van der Waals surface area contributed by atoms with Gasteiger partial charge >= 0.3 is 0 Å². The summed E-state index contributed by atoms with van der Waals surface area (Å²) in [6, 6.07) is 2.67. The van der Waals surface area contributed by atoms with Crippen LogP contribution in [-0.2, 0) is 20.7 Å². The number of benzene rings is 1. The summed E-state index contributed by atoms with van der Waals surface area (Å²) in [5.74, 6) is -1.19. The zero-order valence-corrected chi connectivity index (χ0v) is 22.1. The van der Waals surface area contributed by atoms with Crippen LogP contribution in [0.3, 0.4) is 0 Å². The number of amides is 2. The summed E-state index contributed by atoms with van der Waals surface area (Å²) in [7, 11) is 1.42. The maximum atomic E-state index is 14.8. The van der Waals surface area contributed by atoms with Gasteiger partial charge in [0.25, 0.3) is 11.8 Å². The molecular formula is C27H34FN5O6. The Labute approximate surface area is 225 Å². The van der Waals surface area contributed by atoms with Crippen molar-refractivity contribution >= 4 is 34.8 Å². The van der Waals surface area contributed by atoms with Gasteiger partial charge < -0.3 is 40.2 Å². The van der Waals surface area contributed by atoms with Gasteiger partial charge in [-0.25, -0.2) is 4.39 Å². The molecule has 0 spiro atoms. The summed E-state index contributed by atoms with van der Waals surface area (Å²) >= 11 is 0. The molecule has 0 saturated carbocycles. The number of nitrogens with zero attached hydrogens (tertiary/aromatic N) is 2. The van der Waals surface area contributed by atoms with E-state index in [1.54, 1.807) is 11.0 Å². The highest BCUT2D eigenvalue weighted by Crippen LogP contribution is 2.37. The van der Waals surface area contributed by atoms with Gasteiger partial charge in [0.05, 0.1) is 48.4 Å². The van der Waals surface area contributed by atoms with Crippen LogP contribution >= 0.6 is 0 Å².